The molecule has 0 saturated heterocycles. The van der Waals surface area contributed by atoms with Crippen molar-refractivity contribution in [3.63, 3.8) is 0 Å². The van der Waals surface area contributed by atoms with Gasteiger partial charge in [0.15, 0.2) is 0 Å². The van der Waals surface area contributed by atoms with Crippen molar-refractivity contribution in [2.24, 2.45) is 0 Å². The third-order valence-corrected chi connectivity index (χ3v) is 4.11. The average molecular weight is 384 g/mol. The fraction of sp³-hybridized carbons (Fsp3) is 0.150. The quantitative estimate of drug-likeness (QED) is 0.529. The molecule has 0 spiro atoms. The SMILES string of the molecule is BrCc1ccc(OCc2ccccc2)nc1OCc1ccccc1. The van der Waals surface area contributed by atoms with Crippen molar-refractivity contribution in [2.45, 2.75) is 18.5 Å². The summed E-state index contributed by atoms with van der Waals surface area (Å²) < 4.78 is 11.7. The van der Waals surface area contributed by atoms with E-state index in [0.717, 1.165) is 16.7 Å². The van der Waals surface area contributed by atoms with E-state index in [0.29, 0.717) is 30.3 Å². The molecule has 0 unspecified atom stereocenters. The summed E-state index contributed by atoms with van der Waals surface area (Å²) in [6, 6.07) is 23.9. The molecule has 4 heteroatoms. The molecule has 3 aromatic rings. The highest BCUT2D eigenvalue weighted by molar-refractivity contribution is 9.08. The molecule has 3 rings (SSSR count). The molecule has 1 heterocycles. The first-order valence-corrected chi connectivity index (χ1v) is 8.86. The van der Waals surface area contributed by atoms with Gasteiger partial charge >= 0.3 is 0 Å². The first kappa shape index (κ1) is 16.5. The van der Waals surface area contributed by atoms with Crippen LogP contribution in [0.15, 0.2) is 72.8 Å². The van der Waals surface area contributed by atoms with Crippen molar-refractivity contribution in [3.8, 4) is 11.8 Å². The lowest BCUT2D eigenvalue weighted by atomic mass is 10.2. The van der Waals surface area contributed by atoms with E-state index in [1.54, 1.807) is 0 Å². The van der Waals surface area contributed by atoms with Gasteiger partial charge in [-0.05, 0) is 17.2 Å². The number of aromatic nitrogens is 1. The maximum absolute atomic E-state index is 5.89. The first-order chi connectivity index (χ1) is 11.8. The second-order valence-corrected chi connectivity index (χ2v) is 5.86. The second-order valence-electron chi connectivity index (χ2n) is 5.30. The van der Waals surface area contributed by atoms with Crippen molar-refractivity contribution in [1.29, 1.82) is 0 Å². The third-order valence-electron chi connectivity index (χ3n) is 3.51. The number of nitrogens with zero attached hydrogens (tertiary/aromatic N) is 1. The lowest BCUT2D eigenvalue weighted by Gasteiger charge is -2.12. The number of benzene rings is 2. The normalized spacial score (nSPS) is 10.4. The molecule has 0 aliphatic heterocycles. The summed E-state index contributed by atoms with van der Waals surface area (Å²) in [6.45, 7) is 0.968. The summed E-state index contributed by atoms with van der Waals surface area (Å²) in [6.07, 6.45) is 0. The highest BCUT2D eigenvalue weighted by Crippen LogP contribution is 2.24. The summed E-state index contributed by atoms with van der Waals surface area (Å²) in [5.74, 6) is 1.16. The number of rotatable bonds is 7. The van der Waals surface area contributed by atoms with Crippen LogP contribution in [0.1, 0.15) is 16.7 Å². The Balaban J connectivity index is 1.68. The van der Waals surface area contributed by atoms with Gasteiger partial charge in [-0.2, -0.15) is 4.98 Å². The van der Waals surface area contributed by atoms with Crippen molar-refractivity contribution in [1.82, 2.24) is 4.98 Å². The van der Waals surface area contributed by atoms with Gasteiger partial charge in [-0.15, -0.1) is 0 Å². The van der Waals surface area contributed by atoms with Crippen molar-refractivity contribution >= 4 is 15.9 Å². The first-order valence-electron chi connectivity index (χ1n) is 7.74. The Bertz CT molecular complexity index is 763. The molecule has 122 valence electrons. The summed E-state index contributed by atoms with van der Waals surface area (Å²) in [5, 5.41) is 0.684. The number of pyridine rings is 1. The minimum Gasteiger partial charge on any atom is -0.473 e. The minimum absolute atomic E-state index is 0.482. The lowest BCUT2D eigenvalue weighted by molar-refractivity contribution is 0.266. The largest absolute Gasteiger partial charge is 0.473 e. The van der Waals surface area contributed by atoms with E-state index in [4.69, 9.17) is 9.47 Å². The number of ether oxygens (including phenoxy) is 2. The van der Waals surface area contributed by atoms with Gasteiger partial charge in [0.25, 0.3) is 0 Å². The fourth-order valence-corrected chi connectivity index (χ4v) is 2.64. The van der Waals surface area contributed by atoms with Crippen LogP contribution in [0.5, 0.6) is 11.8 Å². The van der Waals surface area contributed by atoms with Crippen molar-refractivity contribution in [2.75, 3.05) is 0 Å². The molecule has 0 N–H and O–H groups in total. The smallest absolute Gasteiger partial charge is 0.221 e. The molecule has 0 aliphatic rings. The van der Waals surface area contributed by atoms with Gasteiger partial charge in [0.1, 0.15) is 13.2 Å². The highest BCUT2D eigenvalue weighted by atomic mass is 79.9. The predicted molar refractivity (Wildman–Crippen MR) is 98.4 cm³/mol. The molecule has 2 aromatic carbocycles. The average Bonchev–Trinajstić information content (AvgIpc) is 2.66. The summed E-state index contributed by atoms with van der Waals surface area (Å²) in [7, 11) is 0. The zero-order valence-electron chi connectivity index (χ0n) is 13.2. The molecule has 0 amide bonds. The van der Waals surface area contributed by atoms with Crippen LogP contribution in [-0.4, -0.2) is 4.98 Å². The maximum atomic E-state index is 5.89. The topological polar surface area (TPSA) is 31.4 Å². The predicted octanol–water partition coefficient (Wildman–Crippen LogP) is 5.13. The minimum atomic E-state index is 0.482. The summed E-state index contributed by atoms with van der Waals surface area (Å²) in [4.78, 5) is 4.50. The van der Waals surface area contributed by atoms with E-state index in [-0.39, 0.29) is 0 Å². The monoisotopic (exact) mass is 383 g/mol. The van der Waals surface area contributed by atoms with Crippen LogP contribution in [0.2, 0.25) is 0 Å². The fourth-order valence-electron chi connectivity index (χ4n) is 2.22. The molecule has 0 bridgehead atoms. The van der Waals surface area contributed by atoms with Crippen LogP contribution < -0.4 is 9.47 Å². The Morgan fingerprint density at radius 2 is 1.29 bits per heavy atom. The van der Waals surface area contributed by atoms with Crippen LogP contribution in [0.4, 0.5) is 0 Å². The molecular formula is C20H18BrNO2. The number of hydrogen-bond acceptors (Lipinski definition) is 3. The standard InChI is InChI=1S/C20H18BrNO2/c21-13-18-11-12-19(23-14-16-7-3-1-4-8-16)22-20(18)24-15-17-9-5-2-6-10-17/h1-12H,13-15H2. The van der Waals surface area contributed by atoms with Gasteiger partial charge < -0.3 is 9.47 Å². The van der Waals surface area contributed by atoms with E-state index in [2.05, 4.69) is 20.9 Å². The Hall–Kier alpha value is -2.33. The zero-order chi connectivity index (χ0) is 16.6. The Morgan fingerprint density at radius 3 is 1.88 bits per heavy atom. The molecule has 0 fully saturated rings. The van der Waals surface area contributed by atoms with E-state index < -0.39 is 0 Å². The molecule has 0 saturated carbocycles. The Morgan fingerprint density at radius 1 is 0.708 bits per heavy atom. The lowest BCUT2D eigenvalue weighted by Crippen LogP contribution is -2.03. The Kier molecular flexibility index (Phi) is 5.85. The Labute approximate surface area is 150 Å². The molecule has 0 atom stereocenters. The van der Waals surface area contributed by atoms with Crippen LogP contribution in [0.3, 0.4) is 0 Å². The molecular weight excluding hydrogens is 366 g/mol. The van der Waals surface area contributed by atoms with E-state index in [1.165, 1.54) is 0 Å². The van der Waals surface area contributed by atoms with Gasteiger partial charge in [-0.1, -0.05) is 76.6 Å². The van der Waals surface area contributed by atoms with Crippen LogP contribution in [0.25, 0.3) is 0 Å². The van der Waals surface area contributed by atoms with E-state index in [9.17, 15) is 0 Å². The summed E-state index contributed by atoms with van der Waals surface area (Å²) >= 11 is 3.47. The van der Waals surface area contributed by atoms with E-state index in [1.807, 2.05) is 72.8 Å². The molecule has 1 aromatic heterocycles. The van der Waals surface area contributed by atoms with Gasteiger partial charge in [0.2, 0.25) is 11.8 Å². The zero-order valence-corrected chi connectivity index (χ0v) is 14.8. The third kappa shape index (κ3) is 4.59. The van der Waals surface area contributed by atoms with Gasteiger partial charge in [0, 0.05) is 17.0 Å². The molecule has 0 radical (unpaired) electrons. The van der Waals surface area contributed by atoms with Crippen LogP contribution in [-0.2, 0) is 18.5 Å². The number of alkyl halides is 1. The number of halogens is 1. The summed E-state index contributed by atoms with van der Waals surface area (Å²) in [5.41, 5.74) is 3.21. The van der Waals surface area contributed by atoms with Crippen LogP contribution >= 0.6 is 15.9 Å². The maximum Gasteiger partial charge on any atom is 0.221 e. The van der Waals surface area contributed by atoms with Gasteiger partial charge in [-0.3, -0.25) is 0 Å². The number of hydrogen-bond donors (Lipinski definition) is 0. The molecule has 3 nitrogen and oxygen atoms in total. The van der Waals surface area contributed by atoms with Gasteiger partial charge in [-0.25, -0.2) is 0 Å². The van der Waals surface area contributed by atoms with Gasteiger partial charge in [0.05, 0.1) is 0 Å². The highest BCUT2D eigenvalue weighted by Gasteiger charge is 2.08. The molecule has 0 aliphatic carbocycles. The van der Waals surface area contributed by atoms with E-state index >= 15 is 0 Å². The van der Waals surface area contributed by atoms with Crippen molar-refractivity contribution in [3.05, 3.63) is 89.5 Å². The second kappa shape index (κ2) is 8.50. The van der Waals surface area contributed by atoms with Crippen molar-refractivity contribution < 1.29 is 9.47 Å². The van der Waals surface area contributed by atoms with Crippen LogP contribution in [0, 0.1) is 0 Å². The molecule has 24 heavy (non-hydrogen) atoms.